The van der Waals surface area contributed by atoms with Gasteiger partial charge in [-0.25, -0.2) is 4.79 Å². The van der Waals surface area contributed by atoms with Crippen molar-refractivity contribution in [1.82, 2.24) is 9.55 Å². The van der Waals surface area contributed by atoms with Crippen molar-refractivity contribution >= 4 is 6.29 Å². The van der Waals surface area contributed by atoms with Crippen LogP contribution in [0.1, 0.15) is 37.5 Å². The lowest BCUT2D eigenvalue weighted by atomic mass is 9.94. The van der Waals surface area contributed by atoms with E-state index < -0.39 is 11.9 Å². The number of nitrogens with one attached hydrogen (secondary N) is 1. The fourth-order valence-electron chi connectivity index (χ4n) is 2.81. The van der Waals surface area contributed by atoms with Crippen LogP contribution in [0.4, 0.5) is 0 Å². The third kappa shape index (κ3) is 3.48. The summed E-state index contributed by atoms with van der Waals surface area (Å²) >= 11 is 0. The van der Waals surface area contributed by atoms with Crippen LogP contribution in [0.5, 0.6) is 0 Å². The smallest absolute Gasteiger partial charge is 0.330 e. The minimum absolute atomic E-state index is 0.0807. The first-order valence-electron chi connectivity index (χ1n) is 7.18. The number of nitrogens with two attached hydrogens (primary N) is 1. The van der Waals surface area contributed by atoms with Gasteiger partial charge in [0.25, 0.3) is 5.56 Å². The van der Waals surface area contributed by atoms with E-state index in [0.29, 0.717) is 31.4 Å². The van der Waals surface area contributed by atoms with Crippen LogP contribution in [0.3, 0.4) is 0 Å². The number of hydrogen-bond donors (Lipinski definition) is 2. The Bertz CT molecular complexity index is 607. The molecule has 2 heterocycles. The van der Waals surface area contributed by atoms with Gasteiger partial charge in [-0.15, -0.1) is 0 Å². The molecule has 1 aliphatic rings. The maximum Gasteiger partial charge on any atom is 0.330 e. The summed E-state index contributed by atoms with van der Waals surface area (Å²) in [5.41, 5.74) is 5.22. The zero-order valence-electron chi connectivity index (χ0n) is 12.1. The second-order valence-corrected chi connectivity index (χ2v) is 5.42. The van der Waals surface area contributed by atoms with Crippen molar-refractivity contribution in [3.63, 3.8) is 0 Å². The van der Waals surface area contributed by atoms with E-state index in [0.717, 1.165) is 12.7 Å². The average molecular weight is 295 g/mol. The fraction of sp³-hybridized carbons (Fsp3) is 0.643. The first-order chi connectivity index (χ1) is 10.1. The molecular formula is C14H21N3O4. The Morgan fingerprint density at radius 2 is 2.24 bits per heavy atom. The summed E-state index contributed by atoms with van der Waals surface area (Å²) in [7, 11) is 0. The molecule has 0 amide bonds. The van der Waals surface area contributed by atoms with Gasteiger partial charge in [0.05, 0.1) is 6.10 Å². The van der Waals surface area contributed by atoms with Crippen LogP contribution in [0, 0.1) is 12.8 Å². The number of hydrogen-bond acceptors (Lipinski definition) is 5. The second-order valence-electron chi connectivity index (χ2n) is 5.42. The predicted molar refractivity (Wildman–Crippen MR) is 77.0 cm³/mol. The molecule has 7 heteroatoms. The zero-order valence-corrected chi connectivity index (χ0v) is 12.1. The third-order valence-electron chi connectivity index (χ3n) is 3.92. The molecule has 7 nitrogen and oxygen atoms in total. The average Bonchev–Trinajstić information content (AvgIpc) is 2.84. The molecule has 1 aromatic rings. The molecule has 0 bridgehead atoms. The molecule has 1 saturated heterocycles. The van der Waals surface area contributed by atoms with Gasteiger partial charge in [0.1, 0.15) is 12.5 Å². The van der Waals surface area contributed by atoms with E-state index in [9.17, 15) is 14.4 Å². The summed E-state index contributed by atoms with van der Waals surface area (Å²) in [5.74, 6) is 0.221. The number of aryl methyl sites for hydroxylation is 1. The zero-order chi connectivity index (χ0) is 15.4. The molecule has 0 radical (unpaired) electrons. The van der Waals surface area contributed by atoms with Gasteiger partial charge < -0.3 is 15.3 Å². The highest BCUT2D eigenvalue weighted by Crippen LogP contribution is 2.36. The summed E-state index contributed by atoms with van der Waals surface area (Å²) in [5, 5.41) is 0. The third-order valence-corrected chi connectivity index (χ3v) is 3.92. The van der Waals surface area contributed by atoms with Crippen LogP contribution < -0.4 is 17.0 Å². The molecule has 1 fully saturated rings. The van der Waals surface area contributed by atoms with Crippen LogP contribution in [0.15, 0.2) is 15.8 Å². The molecule has 0 spiro atoms. The van der Waals surface area contributed by atoms with Gasteiger partial charge >= 0.3 is 5.69 Å². The van der Waals surface area contributed by atoms with E-state index in [4.69, 9.17) is 10.5 Å². The normalized spacial score (nSPS) is 25.1. The van der Waals surface area contributed by atoms with Crippen molar-refractivity contribution in [2.24, 2.45) is 11.7 Å². The fourth-order valence-corrected chi connectivity index (χ4v) is 2.81. The lowest BCUT2D eigenvalue weighted by Gasteiger charge is -2.17. The van der Waals surface area contributed by atoms with Crippen LogP contribution in [0.25, 0.3) is 0 Å². The summed E-state index contributed by atoms with van der Waals surface area (Å²) in [6.07, 6.45) is 4.40. The highest BCUT2D eigenvalue weighted by atomic mass is 16.5. The number of rotatable bonds is 6. The number of carbonyl (C=O) groups is 1. The van der Waals surface area contributed by atoms with Gasteiger partial charge in [-0.05, 0) is 38.6 Å². The van der Waals surface area contributed by atoms with E-state index in [1.165, 1.54) is 10.8 Å². The highest BCUT2D eigenvalue weighted by Gasteiger charge is 2.35. The molecule has 3 atom stereocenters. The minimum Gasteiger partial charge on any atom is -0.354 e. The summed E-state index contributed by atoms with van der Waals surface area (Å²) < 4.78 is 7.33. The largest absolute Gasteiger partial charge is 0.354 e. The maximum absolute atomic E-state index is 11.9. The lowest BCUT2D eigenvalue weighted by molar-refractivity contribution is -0.108. The monoisotopic (exact) mass is 295 g/mol. The molecule has 2 rings (SSSR count). The van der Waals surface area contributed by atoms with Crippen LogP contribution in [0.2, 0.25) is 0 Å². The predicted octanol–water partition coefficient (Wildman–Crippen LogP) is 0.0766. The topological polar surface area (TPSA) is 107 Å². The van der Waals surface area contributed by atoms with Crippen molar-refractivity contribution in [3.8, 4) is 0 Å². The number of ether oxygens (including phenoxy) is 1. The van der Waals surface area contributed by atoms with Crippen LogP contribution in [-0.4, -0.2) is 28.5 Å². The number of nitrogens with zero attached hydrogens (tertiary/aromatic N) is 1. The van der Waals surface area contributed by atoms with E-state index in [2.05, 4.69) is 4.98 Å². The van der Waals surface area contributed by atoms with Gasteiger partial charge in [0.2, 0.25) is 0 Å². The number of aromatic nitrogens is 2. The van der Waals surface area contributed by atoms with E-state index in [1.54, 1.807) is 6.92 Å². The number of aldehydes is 1. The minimum atomic E-state index is -0.474. The van der Waals surface area contributed by atoms with Crippen LogP contribution >= 0.6 is 0 Å². The van der Waals surface area contributed by atoms with E-state index in [-0.39, 0.29) is 17.6 Å². The quantitative estimate of drug-likeness (QED) is 0.722. The first kappa shape index (κ1) is 15.7. The van der Waals surface area contributed by atoms with Crippen molar-refractivity contribution in [1.29, 1.82) is 0 Å². The van der Waals surface area contributed by atoms with Crippen molar-refractivity contribution < 1.29 is 9.53 Å². The molecule has 1 aromatic heterocycles. The number of carbonyl (C=O) groups excluding carboxylic acids is 1. The Morgan fingerprint density at radius 1 is 1.48 bits per heavy atom. The van der Waals surface area contributed by atoms with Gasteiger partial charge in [-0.2, -0.15) is 0 Å². The molecule has 116 valence electrons. The molecule has 21 heavy (non-hydrogen) atoms. The van der Waals surface area contributed by atoms with Gasteiger partial charge in [0.15, 0.2) is 0 Å². The van der Waals surface area contributed by atoms with Gasteiger partial charge in [-0.3, -0.25) is 14.3 Å². The summed E-state index contributed by atoms with van der Waals surface area (Å²) in [4.78, 5) is 36.1. The lowest BCUT2D eigenvalue weighted by Crippen LogP contribution is -2.33. The second kappa shape index (κ2) is 6.82. The van der Waals surface area contributed by atoms with Gasteiger partial charge in [0, 0.05) is 18.2 Å². The summed E-state index contributed by atoms with van der Waals surface area (Å²) in [6, 6.07) is 0. The Hall–Kier alpha value is -1.73. The van der Waals surface area contributed by atoms with Crippen molar-refractivity contribution in [2.75, 3.05) is 6.54 Å². The Morgan fingerprint density at radius 3 is 2.90 bits per heavy atom. The first-order valence-corrected chi connectivity index (χ1v) is 7.18. The SMILES string of the molecule is Cc1cn([C@H]2C[C@H](CCN)[C@@H](CCC=O)O2)c(=O)[nH]c1=O. The Labute approximate surface area is 122 Å². The molecule has 0 aliphatic carbocycles. The Kier molecular flexibility index (Phi) is 5.08. The van der Waals surface area contributed by atoms with E-state index >= 15 is 0 Å². The number of H-pyrrole nitrogens is 1. The standard InChI is InChI=1S/C14H21N3O4/c1-9-8-17(14(20)16-13(9)19)12-7-10(4-5-15)11(21-12)3-2-6-18/h6,8,10-12H,2-5,7,15H2,1H3,(H,16,19,20)/t10-,11+,12+/m0/s1. The van der Waals surface area contributed by atoms with Crippen molar-refractivity contribution in [3.05, 3.63) is 32.6 Å². The summed E-state index contributed by atoms with van der Waals surface area (Å²) in [6.45, 7) is 2.18. The van der Waals surface area contributed by atoms with Gasteiger partial charge in [-0.1, -0.05) is 0 Å². The molecule has 3 N–H and O–H groups in total. The Balaban J connectivity index is 2.21. The molecule has 0 aromatic carbocycles. The molecule has 1 aliphatic heterocycles. The highest BCUT2D eigenvalue weighted by molar-refractivity contribution is 5.49. The maximum atomic E-state index is 11.9. The van der Waals surface area contributed by atoms with E-state index in [1.807, 2.05) is 0 Å². The number of aromatic amines is 1. The van der Waals surface area contributed by atoms with Crippen LogP contribution in [-0.2, 0) is 9.53 Å². The molecular weight excluding hydrogens is 274 g/mol. The van der Waals surface area contributed by atoms with Crippen molar-refractivity contribution in [2.45, 2.75) is 44.9 Å². The molecule has 0 saturated carbocycles. The molecule has 0 unspecified atom stereocenters.